The molecule has 0 radical (unpaired) electrons. The Morgan fingerprint density at radius 1 is 0.632 bits per heavy atom. The molecule has 112 valence electrons. The number of nitrogens with two attached hydrogens (primary N) is 1. The molecule has 0 aliphatic carbocycles. The van der Waals surface area contributed by atoms with Gasteiger partial charge in [-0.1, -0.05) is 76.2 Å². The van der Waals surface area contributed by atoms with Gasteiger partial charge in [-0.15, -0.1) is 0 Å². The number of unbranched alkanes of at least 4 members (excludes halogenated alkanes) is 10. The quantitative estimate of drug-likeness (QED) is 0.314. The largest absolute Gasteiger partial charge is 0.330 e. The van der Waals surface area contributed by atoms with Crippen LogP contribution in [0.1, 0.15) is 84.0 Å². The molecule has 0 saturated heterocycles. The number of hydrogen-bond donors (Lipinski definition) is 1. The molecule has 0 aliphatic heterocycles. The summed E-state index contributed by atoms with van der Waals surface area (Å²) in [6.45, 7) is 3.11. The molecule has 0 saturated carbocycles. The van der Waals surface area contributed by atoms with E-state index in [2.05, 4.69) is 31.2 Å². The van der Waals surface area contributed by atoms with Crippen molar-refractivity contribution in [2.75, 3.05) is 6.54 Å². The van der Waals surface area contributed by atoms with E-state index in [-0.39, 0.29) is 0 Å². The van der Waals surface area contributed by atoms with E-state index in [1.807, 2.05) is 0 Å². The van der Waals surface area contributed by atoms with E-state index in [0.29, 0.717) is 0 Å². The highest BCUT2D eigenvalue weighted by molar-refractivity contribution is 5.02. The van der Waals surface area contributed by atoms with E-state index < -0.39 is 0 Å². The molecule has 0 spiro atoms. The Morgan fingerprint density at radius 2 is 1.11 bits per heavy atom. The van der Waals surface area contributed by atoms with Gasteiger partial charge < -0.3 is 5.73 Å². The molecule has 0 rings (SSSR count). The lowest BCUT2D eigenvalue weighted by Crippen LogP contribution is -1.97. The summed E-state index contributed by atoms with van der Waals surface area (Å²) in [5.74, 6) is 0. The van der Waals surface area contributed by atoms with Crippen LogP contribution in [0.4, 0.5) is 0 Å². The Bertz CT molecular complexity index is 206. The van der Waals surface area contributed by atoms with Gasteiger partial charge >= 0.3 is 0 Å². The van der Waals surface area contributed by atoms with Crippen molar-refractivity contribution in [3.05, 3.63) is 24.3 Å². The Labute approximate surface area is 121 Å². The Hall–Kier alpha value is -0.560. The minimum Gasteiger partial charge on any atom is -0.330 e. The fourth-order valence-corrected chi connectivity index (χ4v) is 2.15. The highest BCUT2D eigenvalue weighted by Crippen LogP contribution is 2.08. The maximum atomic E-state index is 5.47. The summed E-state index contributed by atoms with van der Waals surface area (Å²) in [5.41, 5.74) is 5.47. The Kier molecular flexibility index (Phi) is 16.9. The van der Waals surface area contributed by atoms with Crippen molar-refractivity contribution in [1.82, 2.24) is 0 Å². The van der Waals surface area contributed by atoms with E-state index in [1.54, 1.807) is 0 Å². The minimum absolute atomic E-state index is 0.858. The molecular formula is C18H35N. The molecule has 0 aromatic heterocycles. The molecule has 0 unspecified atom stereocenters. The van der Waals surface area contributed by atoms with Crippen LogP contribution in [0.2, 0.25) is 0 Å². The third-order valence-electron chi connectivity index (χ3n) is 3.43. The fourth-order valence-electron chi connectivity index (χ4n) is 2.15. The van der Waals surface area contributed by atoms with E-state index in [9.17, 15) is 0 Å². The zero-order chi connectivity index (χ0) is 14.0. The second-order valence-corrected chi connectivity index (χ2v) is 5.40. The molecule has 1 nitrogen and oxygen atoms in total. The van der Waals surface area contributed by atoms with Crippen LogP contribution < -0.4 is 5.73 Å². The zero-order valence-corrected chi connectivity index (χ0v) is 13.1. The van der Waals surface area contributed by atoms with E-state index >= 15 is 0 Å². The van der Waals surface area contributed by atoms with Gasteiger partial charge in [0.15, 0.2) is 0 Å². The standard InChI is InChI=1S/C18H35N/c1-2-3-4-5-6-7-8-9-10-11-12-13-14-15-16-17-18-19/h6-9H,2-5,10-19H2,1H3/b7-6+,9-8+. The topological polar surface area (TPSA) is 26.0 Å². The Morgan fingerprint density at radius 3 is 1.63 bits per heavy atom. The van der Waals surface area contributed by atoms with Crippen LogP contribution in [0.25, 0.3) is 0 Å². The molecule has 19 heavy (non-hydrogen) atoms. The number of allylic oxidation sites excluding steroid dienone is 4. The van der Waals surface area contributed by atoms with Gasteiger partial charge in [0.1, 0.15) is 0 Å². The summed E-state index contributed by atoms with van der Waals surface area (Å²) in [7, 11) is 0. The summed E-state index contributed by atoms with van der Waals surface area (Å²) in [4.78, 5) is 0. The van der Waals surface area contributed by atoms with Gasteiger partial charge in [-0.05, 0) is 38.6 Å². The highest BCUT2D eigenvalue weighted by atomic mass is 14.5. The monoisotopic (exact) mass is 265 g/mol. The normalized spacial score (nSPS) is 11.9. The van der Waals surface area contributed by atoms with Crippen molar-refractivity contribution >= 4 is 0 Å². The molecule has 2 N–H and O–H groups in total. The number of rotatable bonds is 14. The molecule has 0 aromatic carbocycles. The lowest BCUT2D eigenvalue weighted by molar-refractivity contribution is 0.584. The van der Waals surface area contributed by atoms with Crippen LogP contribution in [0.3, 0.4) is 0 Å². The van der Waals surface area contributed by atoms with Crippen molar-refractivity contribution in [3.8, 4) is 0 Å². The van der Waals surface area contributed by atoms with Gasteiger partial charge in [0.25, 0.3) is 0 Å². The maximum absolute atomic E-state index is 5.47. The first-order chi connectivity index (χ1) is 9.41. The second kappa shape index (κ2) is 17.4. The van der Waals surface area contributed by atoms with Crippen LogP contribution in [-0.4, -0.2) is 6.54 Å². The van der Waals surface area contributed by atoms with Gasteiger partial charge in [0.2, 0.25) is 0 Å². The van der Waals surface area contributed by atoms with Crippen LogP contribution in [0.5, 0.6) is 0 Å². The smallest absolute Gasteiger partial charge is 0.00773 e. The molecule has 0 bridgehead atoms. The average molecular weight is 265 g/mol. The lowest BCUT2D eigenvalue weighted by atomic mass is 10.1. The van der Waals surface area contributed by atoms with Crippen LogP contribution in [0.15, 0.2) is 24.3 Å². The van der Waals surface area contributed by atoms with Gasteiger partial charge in [-0.2, -0.15) is 0 Å². The fraction of sp³-hybridized carbons (Fsp3) is 0.778. The number of hydrogen-bond acceptors (Lipinski definition) is 1. The van der Waals surface area contributed by atoms with Crippen LogP contribution >= 0.6 is 0 Å². The van der Waals surface area contributed by atoms with Crippen molar-refractivity contribution in [3.63, 3.8) is 0 Å². The summed E-state index contributed by atoms with van der Waals surface area (Å²) in [6.07, 6.45) is 24.9. The second-order valence-electron chi connectivity index (χ2n) is 5.40. The molecule has 0 aliphatic rings. The third kappa shape index (κ3) is 17.4. The molecule has 0 atom stereocenters. The summed E-state index contributed by atoms with van der Waals surface area (Å²) < 4.78 is 0. The SMILES string of the molecule is CCCCC/C=C/C=C/CCCCCCCCCN. The van der Waals surface area contributed by atoms with Crippen molar-refractivity contribution in [2.45, 2.75) is 84.0 Å². The van der Waals surface area contributed by atoms with Crippen molar-refractivity contribution in [1.29, 1.82) is 0 Å². The van der Waals surface area contributed by atoms with Crippen LogP contribution in [-0.2, 0) is 0 Å². The molecule has 1 heteroatoms. The summed E-state index contributed by atoms with van der Waals surface area (Å²) in [5, 5.41) is 0. The van der Waals surface area contributed by atoms with E-state index in [0.717, 1.165) is 6.54 Å². The first-order valence-corrected chi connectivity index (χ1v) is 8.43. The van der Waals surface area contributed by atoms with Gasteiger partial charge in [-0.25, -0.2) is 0 Å². The van der Waals surface area contributed by atoms with E-state index in [4.69, 9.17) is 5.73 Å². The Balaban J connectivity index is 3.12. The lowest BCUT2D eigenvalue weighted by Gasteiger charge is -1.99. The predicted molar refractivity (Wildman–Crippen MR) is 88.4 cm³/mol. The third-order valence-corrected chi connectivity index (χ3v) is 3.43. The maximum Gasteiger partial charge on any atom is -0.00773 e. The molecule has 0 aromatic rings. The van der Waals surface area contributed by atoms with Gasteiger partial charge in [0, 0.05) is 0 Å². The molecule has 0 fully saturated rings. The first kappa shape index (κ1) is 18.4. The summed E-state index contributed by atoms with van der Waals surface area (Å²) in [6, 6.07) is 0. The van der Waals surface area contributed by atoms with E-state index in [1.165, 1.54) is 77.0 Å². The summed E-state index contributed by atoms with van der Waals surface area (Å²) >= 11 is 0. The molecule has 0 heterocycles. The minimum atomic E-state index is 0.858. The predicted octanol–water partition coefficient (Wildman–Crippen LogP) is 5.76. The molecular weight excluding hydrogens is 230 g/mol. The molecule has 0 amide bonds. The van der Waals surface area contributed by atoms with Gasteiger partial charge in [0.05, 0.1) is 0 Å². The first-order valence-electron chi connectivity index (χ1n) is 8.43. The van der Waals surface area contributed by atoms with Gasteiger partial charge in [-0.3, -0.25) is 0 Å². The average Bonchev–Trinajstić information content (AvgIpc) is 2.43. The van der Waals surface area contributed by atoms with Crippen LogP contribution in [0, 0.1) is 0 Å². The zero-order valence-electron chi connectivity index (χ0n) is 13.1. The highest BCUT2D eigenvalue weighted by Gasteiger charge is 1.90. The van der Waals surface area contributed by atoms with Crippen molar-refractivity contribution < 1.29 is 0 Å². The van der Waals surface area contributed by atoms with Crippen molar-refractivity contribution in [2.24, 2.45) is 5.73 Å².